The number of hydrogen-bond donors (Lipinski definition) is 1. The molecule has 0 aliphatic heterocycles. The maximum absolute atomic E-state index is 4.89. The summed E-state index contributed by atoms with van der Waals surface area (Å²) in [5.41, 5.74) is 3.13. The van der Waals surface area contributed by atoms with Crippen LogP contribution in [0, 0.1) is 24.7 Å². The quantitative estimate of drug-likeness (QED) is 0.457. The Morgan fingerprint density at radius 2 is 1.93 bits per heavy atom. The van der Waals surface area contributed by atoms with Crippen LogP contribution >= 0.6 is 23.1 Å². The van der Waals surface area contributed by atoms with Crippen molar-refractivity contribution in [3.05, 3.63) is 30.0 Å². The Morgan fingerprint density at radius 1 is 1.11 bits per heavy atom. The molecule has 2 heterocycles. The van der Waals surface area contributed by atoms with Gasteiger partial charge < -0.3 is 5.32 Å². The van der Waals surface area contributed by atoms with Crippen LogP contribution in [-0.4, -0.2) is 27.2 Å². The number of thiazole rings is 1. The van der Waals surface area contributed by atoms with Gasteiger partial charge >= 0.3 is 0 Å². The monoisotopic (exact) mass is 396 g/mol. The summed E-state index contributed by atoms with van der Waals surface area (Å²) in [6.45, 7) is 4.49. The van der Waals surface area contributed by atoms with E-state index >= 15 is 0 Å². The SMILES string of the molecule is CSc1nc(C)c(-c2nc3ccccc3s2)c(NC2CC(C)C3CCC23)n1. The Bertz CT molecular complexity index is 966. The molecule has 2 aromatic heterocycles. The minimum Gasteiger partial charge on any atom is -0.366 e. The van der Waals surface area contributed by atoms with Gasteiger partial charge in [-0.25, -0.2) is 15.0 Å². The molecule has 4 unspecified atom stereocenters. The lowest BCUT2D eigenvalue weighted by atomic mass is 9.72. The average Bonchev–Trinajstić information content (AvgIpc) is 3.11. The van der Waals surface area contributed by atoms with Crippen molar-refractivity contribution in [2.75, 3.05) is 11.6 Å². The molecule has 5 rings (SSSR count). The molecule has 140 valence electrons. The van der Waals surface area contributed by atoms with Gasteiger partial charge in [0.15, 0.2) is 5.16 Å². The van der Waals surface area contributed by atoms with Gasteiger partial charge in [0, 0.05) is 6.04 Å². The first-order valence-corrected chi connectivity index (χ1v) is 11.7. The van der Waals surface area contributed by atoms with Gasteiger partial charge in [-0.15, -0.1) is 11.3 Å². The summed E-state index contributed by atoms with van der Waals surface area (Å²) in [7, 11) is 0. The summed E-state index contributed by atoms with van der Waals surface area (Å²) in [6, 6.07) is 8.85. The number of aryl methyl sites for hydroxylation is 1. The van der Waals surface area contributed by atoms with Crippen LogP contribution < -0.4 is 5.32 Å². The van der Waals surface area contributed by atoms with Crippen LogP contribution in [0.2, 0.25) is 0 Å². The van der Waals surface area contributed by atoms with Crippen molar-refractivity contribution < 1.29 is 0 Å². The Kier molecular flexibility index (Phi) is 4.36. The molecule has 2 aliphatic rings. The van der Waals surface area contributed by atoms with E-state index < -0.39 is 0 Å². The first kappa shape index (κ1) is 17.4. The fraction of sp³-hybridized carbons (Fsp3) is 0.476. The number of fused-ring (bicyclic) bond motifs is 2. The number of hydrogen-bond acceptors (Lipinski definition) is 6. The second-order valence-corrected chi connectivity index (χ2v) is 9.68. The van der Waals surface area contributed by atoms with E-state index in [2.05, 4.69) is 37.4 Å². The fourth-order valence-electron chi connectivity index (χ4n) is 4.83. The lowest BCUT2D eigenvalue weighted by Crippen LogP contribution is -2.34. The molecule has 1 N–H and O–H groups in total. The Balaban J connectivity index is 1.58. The van der Waals surface area contributed by atoms with Gasteiger partial charge in [0.1, 0.15) is 10.8 Å². The van der Waals surface area contributed by atoms with Gasteiger partial charge in [-0.3, -0.25) is 0 Å². The molecule has 0 bridgehead atoms. The van der Waals surface area contributed by atoms with E-state index in [1.54, 1.807) is 23.1 Å². The zero-order valence-electron chi connectivity index (χ0n) is 15.9. The summed E-state index contributed by atoms with van der Waals surface area (Å²) in [6.07, 6.45) is 6.03. The van der Waals surface area contributed by atoms with Crippen molar-refractivity contribution in [3.63, 3.8) is 0 Å². The lowest BCUT2D eigenvalue weighted by molar-refractivity contribution is 0.173. The number of thioether (sulfide) groups is 1. The van der Waals surface area contributed by atoms with Crippen LogP contribution in [0.15, 0.2) is 29.4 Å². The van der Waals surface area contributed by atoms with Crippen LogP contribution in [0.25, 0.3) is 20.8 Å². The van der Waals surface area contributed by atoms with Crippen molar-refractivity contribution in [3.8, 4) is 10.6 Å². The minimum atomic E-state index is 0.524. The highest BCUT2D eigenvalue weighted by Gasteiger charge is 2.46. The van der Waals surface area contributed by atoms with Crippen LogP contribution in [-0.2, 0) is 0 Å². The standard InChI is InChI=1S/C21H24N4S2/c1-11-10-16(14-9-8-13(11)14)23-19-18(12(2)22-21(25-19)26-3)20-24-15-6-4-5-7-17(15)27-20/h4-7,11,13-14,16H,8-10H2,1-3H3,(H,22,23,25). The third-order valence-electron chi connectivity index (χ3n) is 6.34. The molecule has 2 saturated carbocycles. The predicted molar refractivity (Wildman–Crippen MR) is 115 cm³/mol. The van der Waals surface area contributed by atoms with E-state index in [0.29, 0.717) is 6.04 Å². The molecule has 27 heavy (non-hydrogen) atoms. The Hall–Kier alpha value is -1.66. The smallest absolute Gasteiger partial charge is 0.189 e. The predicted octanol–water partition coefficient (Wildman–Crippen LogP) is 5.63. The maximum Gasteiger partial charge on any atom is 0.189 e. The summed E-state index contributed by atoms with van der Waals surface area (Å²) in [5, 5.41) is 5.68. The van der Waals surface area contributed by atoms with Gasteiger partial charge in [0.25, 0.3) is 0 Å². The molecular weight excluding hydrogens is 372 g/mol. The zero-order valence-corrected chi connectivity index (χ0v) is 17.5. The highest BCUT2D eigenvalue weighted by molar-refractivity contribution is 7.98. The van der Waals surface area contributed by atoms with Gasteiger partial charge in [0.2, 0.25) is 0 Å². The van der Waals surface area contributed by atoms with E-state index in [4.69, 9.17) is 15.0 Å². The molecule has 0 saturated heterocycles. The molecule has 2 aliphatic carbocycles. The molecule has 4 atom stereocenters. The molecule has 4 nitrogen and oxygen atoms in total. The number of para-hydroxylation sites is 1. The van der Waals surface area contributed by atoms with E-state index in [1.165, 1.54) is 24.0 Å². The molecular formula is C21H24N4S2. The number of nitrogens with zero attached hydrogens (tertiary/aromatic N) is 3. The van der Waals surface area contributed by atoms with Crippen molar-refractivity contribution in [2.24, 2.45) is 17.8 Å². The topological polar surface area (TPSA) is 50.7 Å². The minimum absolute atomic E-state index is 0.524. The van der Waals surface area contributed by atoms with Gasteiger partial charge in [-0.2, -0.15) is 0 Å². The third-order valence-corrected chi connectivity index (χ3v) is 7.94. The van der Waals surface area contributed by atoms with E-state index in [1.807, 2.05) is 12.3 Å². The highest BCUT2D eigenvalue weighted by Crippen LogP contribution is 2.51. The molecule has 0 spiro atoms. The summed E-state index contributed by atoms with van der Waals surface area (Å²) < 4.78 is 1.21. The largest absolute Gasteiger partial charge is 0.366 e. The summed E-state index contributed by atoms with van der Waals surface area (Å²) >= 11 is 3.33. The number of anilines is 1. The van der Waals surface area contributed by atoms with Crippen molar-refractivity contribution >= 4 is 39.1 Å². The molecule has 3 aromatic rings. The molecule has 6 heteroatoms. The highest BCUT2D eigenvalue weighted by atomic mass is 32.2. The summed E-state index contributed by atoms with van der Waals surface area (Å²) in [5.74, 6) is 3.48. The van der Waals surface area contributed by atoms with Crippen molar-refractivity contribution in [1.82, 2.24) is 15.0 Å². The van der Waals surface area contributed by atoms with Crippen LogP contribution in [0.5, 0.6) is 0 Å². The first-order valence-electron chi connectivity index (χ1n) is 9.69. The Morgan fingerprint density at radius 3 is 2.63 bits per heavy atom. The van der Waals surface area contributed by atoms with Crippen molar-refractivity contribution in [1.29, 1.82) is 0 Å². The van der Waals surface area contributed by atoms with Gasteiger partial charge in [0.05, 0.1) is 21.5 Å². The number of rotatable bonds is 4. The number of aromatic nitrogens is 3. The molecule has 0 radical (unpaired) electrons. The van der Waals surface area contributed by atoms with Crippen LogP contribution in [0.1, 0.15) is 31.9 Å². The van der Waals surface area contributed by atoms with E-state index in [9.17, 15) is 0 Å². The average molecular weight is 397 g/mol. The number of benzene rings is 1. The fourth-order valence-corrected chi connectivity index (χ4v) is 6.30. The second-order valence-electron chi connectivity index (χ2n) is 7.87. The normalized spacial score (nSPS) is 26.8. The lowest BCUT2D eigenvalue weighted by Gasteiger charge is -2.36. The van der Waals surface area contributed by atoms with Gasteiger partial charge in [-0.05, 0) is 62.3 Å². The van der Waals surface area contributed by atoms with E-state index in [-0.39, 0.29) is 0 Å². The Labute approximate surface area is 168 Å². The van der Waals surface area contributed by atoms with Gasteiger partial charge in [-0.1, -0.05) is 30.8 Å². The van der Waals surface area contributed by atoms with Crippen molar-refractivity contribution in [2.45, 2.75) is 44.3 Å². The maximum atomic E-state index is 4.89. The first-order chi connectivity index (χ1) is 13.1. The third kappa shape index (κ3) is 2.93. The van der Waals surface area contributed by atoms with Crippen LogP contribution in [0.3, 0.4) is 0 Å². The molecule has 2 fully saturated rings. The molecule has 1 aromatic carbocycles. The zero-order chi connectivity index (χ0) is 18.5. The second kappa shape index (κ2) is 6.74. The van der Waals surface area contributed by atoms with Crippen LogP contribution in [0.4, 0.5) is 5.82 Å². The van der Waals surface area contributed by atoms with E-state index in [0.717, 1.165) is 50.5 Å². The number of nitrogens with one attached hydrogen (secondary N) is 1. The summed E-state index contributed by atoms with van der Waals surface area (Å²) in [4.78, 5) is 14.5. The molecule has 0 amide bonds.